The SMILES string of the molecule is CC(C)CC(CO)Nc1cccc(OC(Cc2cc(Cl)cc(Cl)c2)c2ncc[nH]2)n1. The molecule has 2 heterocycles. The van der Waals surface area contributed by atoms with Crippen molar-refractivity contribution in [1.29, 1.82) is 0 Å². The quantitative estimate of drug-likeness (QED) is 0.392. The van der Waals surface area contributed by atoms with Crippen LogP contribution in [0.3, 0.4) is 0 Å². The molecule has 30 heavy (non-hydrogen) atoms. The van der Waals surface area contributed by atoms with Crippen molar-refractivity contribution >= 4 is 29.0 Å². The summed E-state index contributed by atoms with van der Waals surface area (Å²) in [5, 5.41) is 14.0. The summed E-state index contributed by atoms with van der Waals surface area (Å²) in [7, 11) is 0. The van der Waals surface area contributed by atoms with Gasteiger partial charge in [-0.15, -0.1) is 0 Å². The number of aliphatic hydroxyl groups excluding tert-OH is 1. The lowest BCUT2D eigenvalue weighted by Gasteiger charge is -2.20. The highest BCUT2D eigenvalue weighted by Crippen LogP contribution is 2.27. The number of halogens is 2. The van der Waals surface area contributed by atoms with Gasteiger partial charge in [0.15, 0.2) is 6.10 Å². The zero-order valence-corrected chi connectivity index (χ0v) is 18.5. The van der Waals surface area contributed by atoms with Crippen LogP contribution in [0.25, 0.3) is 0 Å². The van der Waals surface area contributed by atoms with E-state index in [1.54, 1.807) is 24.5 Å². The van der Waals surface area contributed by atoms with Crippen molar-refractivity contribution in [3.05, 3.63) is 70.2 Å². The van der Waals surface area contributed by atoms with Crippen molar-refractivity contribution in [3.63, 3.8) is 0 Å². The second-order valence-corrected chi connectivity index (χ2v) is 8.45. The van der Waals surface area contributed by atoms with Crippen LogP contribution >= 0.6 is 23.2 Å². The Balaban J connectivity index is 1.78. The smallest absolute Gasteiger partial charge is 0.215 e. The number of rotatable bonds is 10. The van der Waals surface area contributed by atoms with E-state index < -0.39 is 6.10 Å². The number of hydrogen-bond donors (Lipinski definition) is 3. The number of aromatic nitrogens is 3. The van der Waals surface area contributed by atoms with Gasteiger partial charge in [0.1, 0.15) is 11.6 Å². The fourth-order valence-corrected chi connectivity index (χ4v) is 3.83. The minimum absolute atomic E-state index is 0.0372. The summed E-state index contributed by atoms with van der Waals surface area (Å²) < 4.78 is 6.19. The predicted molar refractivity (Wildman–Crippen MR) is 120 cm³/mol. The summed E-state index contributed by atoms with van der Waals surface area (Å²) in [5.74, 6) is 2.24. The third-order valence-electron chi connectivity index (χ3n) is 4.48. The second kappa shape index (κ2) is 10.7. The van der Waals surface area contributed by atoms with Gasteiger partial charge in [0.05, 0.1) is 12.6 Å². The molecule has 0 bridgehead atoms. The van der Waals surface area contributed by atoms with E-state index in [0.717, 1.165) is 12.0 Å². The van der Waals surface area contributed by atoms with E-state index in [1.807, 2.05) is 24.3 Å². The molecule has 3 aromatic rings. The van der Waals surface area contributed by atoms with Gasteiger partial charge in [0.2, 0.25) is 5.88 Å². The number of H-pyrrole nitrogens is 1. The standard InChI is InChI=1S/C22H26Cl2N4O2/c1-14(2)8-18(13-29)27-20-4-3-5-21(28-20)30-19(22-25-6-7-26-22)11-15-9-16(23)12-17(24)10-15/h3-7,9-10,12,14,18-19,29H,8,11,13H2,1-2H3,(H,25,26)(H,27,28). The average Bonchev–Trinajstić information content (AvgIpc) is 3.21. The van der Waals surface area contributed by atoms with Gasteiger partial charge in [-0.05, 0) is 42.2 Å². The topological polar surface area (TPSA) is 83.1 Å². The molecule has 0 radical (unpaired) electrons. The summed E-state index contributed by atoms with van der Waals surface area (Å²) in [6.07, 6.45) is 4.38. The summed E-state index contributed by atoms with van der Waals surface area (Å²) >= 11 is 12.3. The summed E-state index contributed by atoms with van der Waals surface area (Å²) in [4.78, 5) is 12.0. The van der Waals surface area contributed by atoms with E-state index in [9.17, 15) is 5.11 Å². The minimum Gasteiger partial charge on any atom is -0.466 e. The number of aromatic amines is 1. The van der Waals surface area contributed by atoms with Gasteiger partial charge >= 0.3 is 0 Å². The lowest BCUT2D eigenvalue weighted by molar-refractivity contribution is 0.189. The first-order valence-electron chi connectivity index (χ1n) is 9.88. The Morgan fingerprint density at radius 2 is 1.93 bits per heavy atom. The minimum atomic E-state index is -0.401. The number of pyridine rings is 1. The van der Waals surface area contributed by atoms with Gasteiger partial charge in [0.25, 0.3) is 0 Å². The molecular formula is C22H26Cl2N4O2. The number of hydrogen-bond acceptors (Lipinski definition) is 5. The first-order valence-corrected chi connectivity index (χ1v) is 10.6. The second-order valence-electron chi connectivity index (χ2n) is 7.58. The normalized spacial score (nSPS) is 13.3. The van der Waals surface area contributed by atoms with Crippen molar-refractivity contribution < 1.29 is 9.84 Å². The van der Waals surface area contributed by atoms with E-state index >= 15 is 0 Å². The summed E-state index contributed by atoms with van der Waals surface area (Å²) in [6.45, 7) is 4.27. The molecule has 1 aromatic carbocycles. The zero-order valence-electron chi connectivity index (χ0n) is 17.0. The van der Waals surface area contributed by atoms with Gasteiger partial charge in [-0.25, -0.2) is 4.98 Å². The molecule has 160 valence electrons. The first-order chi connectivity index (χ1) is 14.4. The molecule has 2 atom stereocenters. The largest absolute Gasteiger partial charge is 0.466 e. The van der Waals surface area contributed by atoms with Crippen molar-refractivity contribution in [1.82, 2.24) is 15.0 Å². The highest BCUT2D eigenvalue weighted by Gasteiger charge is 2.19. The molecule has 0 saturated carbocycles. The van der Waals surface area contributed by atoms with Crippen LogP contribution in [0.1, 0.15) is 37.8 Å². The van der Waals surface area contributed by atoms with Gasteiger partial charge < -0.3 is 20.1 Å². The highest BCUT2D eigenvalue weighted by molar-refractivity contribution is 6.34. The maximum absolute atomic E-state index is 9.63. The van der Waals surface area contributed by atoms with Gasteiger partial charge in [0, 0.05) is 34.9 Å². The first kappa shape index (κ1) is 22.4. The molecule has 3 N–H and O–H groups in total. The molecule has 2 aromatic heterocycles. The molecule has 0 aliphatic carbocycles. The highest BCUT2D eigenvalue weighted by atomic mass is 35.5. The van der Waals surface area contributed by atoms with Crippen LogP contribution in [0.5, 0.6) is 5.88 Å². The van der Waals surface area contributed by atoms with E-state index in [1.165, 1.54) is 0 Å². The lowest BCUT2D eigenvalue weighted by Crippen LogP contribution is -2.26. The molecule has 0 fully saturated rings. The molecule has 6 nitrogen and oxygen atoms in total. The maximum atomic E-state index is 9.63. The zero-order chi connectivity index (χ0) is 21.5. The average molecular weight is 449 g/mol. The van der Waals surface area contributed by atoms with Crippen molar-refractivity contribution in [2.24, 2.45) is 5.92 Å². The third-order valence-corrected chi connectivity index (χ3v) is 4.92. The van der Waals surface area contributed by atoms with Crippen molar-refractivity contribution in [2.45, 2.75) is 38.8 Å². The Kier molecular flexibility index (Phi) is 7.96. The monoisotopic (exact) mass is 448 g/mol. The van der Waals surface area contributed by atoms with Crippen molar-refractivity contribution in [3.8, 4) is 5.88 Å². The third kappa shape index (κ3) is 6.62. The molecular weight excluding hydrogens is 423 g/mol. The van der Waals surface area contributed by atoms with Crippen LogP contribution in [0, 0.1) is 5.92 Å². The molecule has 0 spiro atoms. The van der Waals surface area contributed by atoms with Crippen LogP contribution in [0.2, 0.25) is 10.0 Å². The molecule has 0 saturated heterocycles. The van der Waals surface area contributed by atoms with Crippen LogP contribution in [-0.4, -0.2) is 32.7 Å². The van der Waals surface area contributed by atoms with Crippen LogP contribution in [0.4, 0.5) is 5.82 Å². The Bertz CT molecular complexity index is 914. The predicted octanol–water partition coefficient (Wildman–Crippen LogP) is 5.29. The Morgan fingerprint density at radius 3 is 2.57 bits per heavy atom. The maximum Gasteiger partial charge on any atom is 0.215 e. The van der Waals surface area contributed by atoms with Gasteiger partial charge in [-0.1, -0.05) is 43.1 Å². The Morgan fingerprint density at radius 1 is 1.17 bits per heavy atom. The number of aliphatic hydroxyl groups is 1. The number of imidazole rings is 1. The van der Waals surface area contributed by atoms with E-state index in [-0.39, 0.29) is 12.6 Å². The molecule has 8 heteroatoms. The number of nitrogens with one attached hydrogen (secondary N) is 2. The van der Waals surface area contributed by atoms with Crippen LogP contribution < -0.4 is 10.1 Å². The summed E-state index contributed by atoms with van der Waals surface area (Å²) in [5.41, 5.74) is 0.931. The van der Waals surface area contributed by atoms with E-state index in [2.05, 4.69) is 34.1 Å². The fourth-order valence-electron chi connectivity index (χ4n) is 3.25. The summed E-state index contributed by atoms with van der Waals surface area (Å²) in [6, 6.07) is 10.9. The molecule has 0 amide bonds. The fraction of sp³-hybridized carbons (Fsp3) is 0.364. The van der Waals surface area contributed by atoms with Crippen molar-refractivity contribution in [2.75, 3.05) is 11.9 Å². The Labute approximate surface area is 186 Å². The number of ether oxygens (including phenoxy) is 1. The van der Waals surface area contributed by atoms with Crippen LogP contribution in [-0.2, 0) is 6.42 Å². The van der Waals surface area contributed by atoms with Gasteiger partial charge in [-0.2, -0.15) is 4.98 Å². The number of benzene rings is 1. The molecule has 2 unspecified atom stereocenters. The lowest BCUT2D eigenvalue weighted by atomic mass is 10.0. The number of anilines is 1. The molecule has 3 rings (SSSR count). The Hall–Kier alpha value is -2.28. The van der Waals surface area contributed by atoms with Crippen LogP contribution in [0.15, 0.2) is 48.8 Å². The van der Waals surface area contributed by atoms with E-state index in [0.29, 0.717) is 39.9 Å². The molecule has 0 aliphatic heterocycles. The van der Waals surface area contributed by atoms with E-state index in [4.69, 9.17) is 27.9 Å². The number of nitrogens with zero attached hydrogens (tertiary/aromatic N) is 2. The molecule has 0 aliphatic rings. The van der Waals surface area contributed by atoms with Gasteiger partial charge in [-0.3, -0.25) is 0 Å².